The fourth-order valence-electron chi connectivity index (χ4n) is 3.49. The molecule has 144 valence electrons. The van der Waals surface area contributed by atoms with Crippen molar-refractivity contribution in [2.75, 3.05) is 13.1 Å². The number of piperidine rings is 1. The number of aryl methyl sites for hydroxylation is 2. The molecule has 0 aliphatic carbocycles. The molecule has 0 N–H and O–H groups in total. The molecular formula is C21H22N4O3. The van der Waals surface area contributed by atoms with Crippen LogP contribution in [0.3, 0.4) is 0 Å². The molecule has 7 nitrogen and oxygen atoms in total. The molecule has 1 fully saturated rings. The zero-order chi connectivity index (χ0) is 19.5. The Balaban J connectivity index is 1.54. The number of rotatable bonds is 4. The molecule has 1 aromatic carbocycles. The summed E-state index contributed by atoms with van der Waals surface area (Å²) in [5.74, 6) is 1.64. The van der Waals surface area contributed by atoms with Crippen molar-refractivity contribution in [2.45, 2.75) is 32.6 Å². The van der Waals surface area contributed by atoms with Gasteiger partial charge in [-0.3, -0.25) is 9.78 Å². The second-order valence-electron chi connectivity index (χ2n) is 7.01. The second-order valence-corrected chi connectivity index (χ2v) is 7.01. The van der Waals surface area contributed by atoms with Gasteiger partial charge < -0.3 is 14.1 Å². The van der Waals surface area contributed by atoms with Crippen LogP contribution in [0.1, 0.15) is 46.4 Å². The highest BCUT2D eigenvalue weighted by Gasteiger charge is 2.30. The second kappa shape index (κ2) is 7.80. The smallest absolute Gasteiger partial charge is 0.275 e. The van der Waals surface area contributed by atoms with Crippen LogP contribution in [0.2, 0.25) is 0 Å². The predicted molar refractivity (Wildman–Crippen MR) is 102 cm³/mol. The highest BCUT2D eigenvalue weighted by molar-refractivity contribution is 5.92. The van der Waals surface area contributed by atoms with E-state index in [0.717, 1.165) is 29.8 Å². The lowest BCUT2D eigenvalue weighted by Gasteiger charge is -2.32. The summed E-state index contributed by atoms with van der Waals surface area (Å²) in [6.07, 6.45) is 6.51. The molecule has 1 unspecified atom stereocenters. The van der Waals surface area contributed by atoms with Crippen LogP contribution in [0, 0.1) is 13.8 Å². The standard InChI is InChI=1S/C21H22N4O3/c1-14-5-3-7-17(11-14)28-20-19(22-8-9-23-20)16-6-4-10-25(12-16)21(26)18-13-27-15(2)24-18/h3,5,7-9,11,13,16H,4,6,10,12H2,1-2H3. The first kappa shape index (κ1) is 18.2. The van der Waals surface area contributed by atoms with E-state index in [-0.39, 0.29) is 11.8 Å². The number of oxazole rings is 1. The summed E-state index contributed by atoms with van der Waals surface area (Å²) in [5.41, 5.74) is 2.23. The Bertz CT molecular complexity index is 985. The van der Waals surface area contributed by atoms with Crippen LogP contribution in [0.5, 0.6) is 11.6 Å². The van der Waals surface area contributed by atoms with Gasteiger partial charge in [-0.1, -0.05) is 12.1 Å². The van der Waals surface area contributed by atoms with Gasteiger partial charge in [0.15, 0.2) is 11.6 Å². The number of aromatic nitrogens is 3. The quantitative estimate of drug-likeness (QED) is 0.685. The summed E-state index contributed by atoms with van der Waals surface area (Å²) in [5, 5.41) is 0. The van der Waals surface area contributed by atoms with Gasteiger partial charge in [0, 0.05) is 38.3 Å². The van der Waals surface area contributed by atoms with Gasteiger partial charge in [-0.2, -0.15) is 0 Å². The van der Waals surface area contributed by atoms with Crippen LogP contribution in [0.25, 0.3) is 0 Å². The predicted octanol–water partition coefficient (Wildman–Crippen LogP) is 3.89. The van der Waals surface area contributed by atoms with E-state index in [0.29, 0.717) is 30.6 Å². The molecule has 0 bridgehead atoms. The normalized spacial score (nSPS) is 16.8. The van der Waals surface area contributed by atoms with Crippen molar-refractivity contribution in [1.29, 1.82) is 0 Å². The Kier molecular flexibility index (Phi) is 5.06. The van der Waals surface area contributed by atoms with Crippen molar-refractivity contribution in [3.8, 4) is 11.6 Å². The highest BCUT2D eigenvalue weighted by atomic mass is 16.5. The van der Waals surface area contributed by atoms with E-state index >= 15 is 0 Å². The Morgan fingerprint density at radius 3 is 2.89 bits per heavy atom. The third-order valence-electron chi connectivity index (χ3n) is 4.83. The molecule has 0 saturated carbocycles. The number of carbonyl (C=O) groups is 1. The van der Waals surface area contributed by atoms with E-state index in [1.165, 1.54) is 6.26 Å². The Morgan fingerprint density at radius 1 is 1.25 bits per heavy atom. The van der Waals surface area contributed by atoms with Crippen molar-refractivity contribution < 1.29 is 13.9 Å². The number of ether oxygens (including phenoxy) is 1. The minimum absolute atomic E-state index is 0.0548. The number of likely N-dealkylation sites (tertiary alicyclic amines) is 1. The van der Waals surface area contributed by atoms with E-state index < -0.39 is 0 Å². The zero-order valence-corrected chi connectivity index (χ0v) is 16.0. The summed E-state index contributed by atoms with van der Waals surface area (Å²) in [6, 6.07) is 7.82. The lowest BCUT2D eigenvalue weighted by molar-refractivity contribution is 0.0698. The largest absolute Gasteiger partial charge is 0.448 e. The van der Waals surface area contributed by atoms with Crippen LogP contribution < -0.4 is 4.74 Å². The monoisotopic (exact) mass is 378 g/mol. The maximum Gasteiger partial charge on any atom is 0.275 e. The lowest BCUT2D eigenvalue weighted by Crippen LogP contribution is -2.39. The molecule has 0 radical (unpaired) electrons. The molecule has 28 heavy (non-hydrogen) atoms. The van der Waals surface area contributed by atoms with Gasteiger partial charge in [0.1, 0.15) is 17.7 Å². The summed E-state index contributed by atoms with van der Waals surface area (Å²) < 4.78 is 11.2. The molecule has 4 rings (SSSR count). The molecule has 7 heteroatoms. The van der Waals surface area contributed by atoms with E-state index in [9.17, 15) is 4.79 Å². The number of benzene rings is 1. The molecule has 3 aromatic rings. The topological polar surface area (TPSA) is 81.4 Å². The zero-order valence-electron chi connectivity index (χ0n) is 16.0. The summed E-state index contributed by atoms with van der Waals surface area (Å²) in [7, 11) is 0. The highest BCUT2D eigenvalue weighted by Crippen LogP contribution is 2.33. The van der Waals surface area contributed by atoms with Crippen LogP contribution in [-0.2, 0) is 0 Å². The fourth-order valence-corrected chi connectivity index (χ4v) is 3.49. The van der Waals surface area contributed by atoms with Crippen LogP contribution >= 0.6 is 0 Å². The fraction of sp³-hybridized carbons (Fsp3) is 0.333. The van der Waals surface area contributed by atoms with E-state index in [1.54, 1.807) is 24.2 Å². The number of hydrogen-bond donors (Lipinski definition) is 0. The first-order valence-electron chi connectivity index (χ1n) is 9.37. The maximum atomic E-state index is 12.7. The maximum absolute atomic E-state index is 12.7. The van der Waals surface area contributed by atoms with Gasteiger partial charge in [0.05, 0.1) is 0 Å². The lowest BCUT2D eigenvalue weighted by atomic mass is 9.94. The van der Waals surface area contributed by atoms with Crippen LogP contribution in [0.4, 0.5) is 0 Å². The number of amides is 1. The molecule has 1 aliphatic heterocycles. The number of nitrogens with zero attached hydrogens (tertiary/aromatic N) is 4. The average molecular weight is 378 g/mol. The van der Waals surface area contributed by atoms with E-state index in [1.807, 2.05) is 31.2 Å². The minimum Gasteiger partial charge on any atom is -0.448 e. The Morgan fingerprint density at radius 2 is 2.11 bits per heavy atom. The van der Waals surface area contributed by atoms with Gasteiger partial charge in [-0.25, -0.2) is 9.97 Å². The van der Waals surface area contributed by atoms with Gasteiger partial charge in [0.2, 0.25) is 5.88 Å². The third kappa shape index (κ3) is 3.88. The molecule has 2 aromatic heterocycles. The van der Waals surface area contributed by atoms with Gasteiger partial charge >= 0.3 is 0 Å². The van der Waals surface area contributed by atoms with Gasteiger partial charge in [-0.15, -0.1) is 0 Å². The molecular weight excluding hydrogens is 356 g/mol. The van der Waals surface area contributed by atoms with E-state index in [4.69, 9.17) is 9.15 Å². The van der Waals surface area contributed by atoms with Crippen molar-refractivity contribution in [1.82, 2.24) is 19.9 Å². The summed E-state index contributed by atoms with van der Waals surface area (Å²) in [6.45, 7) is 4.98. The van der Waals surface area contributed by atoms with Gasteiger partial charge in [0.25, 0.3) is 5.91 Å². The summed E-state index contributed by atoms with van der Waals surface area (Å²) >= 11 is 0. The van der Waals surface area contributed by atoms with E-state index in [2.05, 4.69) is 15.0 Å². The van der Waals surface area contributed by atoms with Crippen molar-refractivity contribution in [3.05, 3.63) is 65.8 Å². The molecule has 1 aliphatic rings. The molecule has 1 atom stereocenters. The average Bonchev–Trinajstić information content (AvgIpc) is 3.14. The Labute approximate surface area is 163 Å². The minimum atomic E-state index is -0.119. The van der Waals surface area contributed by atoms with Crippen molar-refractivity contribution in [3.63, 3.8) is 0 Å². The number of hydrogen-bond acceptors (Lipinski definition) is 6. The molecule has 3 heterocycles. The van der Waals surface area contributed by atoms with Crippen molar-refractivity contribution in [2.24, 2.45) is 0 Å². The molecule has 1 amide bonds. The SMILES string of the molecule is Cc1cccc(Oc2nccnc2C2CCCN(C(=O)c3coc(C)n3)C2)c1. The Hall–Kier alpha value is -3.22. The first-order valence-corrected chi connectivity index (χ1v) is 9.37. The third-order valence-corrected chi connectivity index (χ3v) is 4.83. The summed E-state index contributed by atoms with van der Waals surface area (Å²) in [4.78, 5) is 27.6. The molecule has 1 saturated heterocycles. The first-order chi connectivity index (χ1) is 13.6. The molecule has 0 spiro atoms. The van der Waals surface area contributed by atoms with Crippen LogP contribution in [0.15, 0.2) is 47.3 Å². The van der Waals surface area contributed by atoms with Crippen molar-refractivity contribution >= 4 is 5.91 Å². The van der Waals surface area contributed by atoms with Crippen LogP contribution in [-0.4, -0.2) is 38.8 Å². The van der Waals surface area contributed by atoms with Gasteiger partial charge in [-0.05, 0) is 37.5 Å². The number of carbonyl (C=O) groups excluding carboxylic acids is 1.